The maximum Gasteiger partial charge on any atom is 0.374 e. The number of hydrogen-bond acceptors (Lipinski definition) is 3. The smallest absolute Gasteiger partial charge is 0.374 e. The predicted octanol–water partition coefficient (Wildman–Crippen LogP) is 5.46. The average Bonchev–Trinajstić information content (AvgIpc) is 3.00. The summed E-state index contributed by atoms with van der Waals surface area (Å²) in [6.07, 6.45) is 12.5. The molecule has 0 bridgehead atoms. The molecular weight excluding hydrogens is 312 g/mol. The van der Waals surface area contributed by atoms with Crippen LogP contribution in [0, 0.1) is 5.41 Å². The van der Waals surface area contributed by atoms with Crippen LogP contribution in [-0.4, -0.2) is 22.5 Å². The maximum atomic E-state index is 11.8. The van der Waals surface area contributed by atoms with Gasteiger partial charge in [0.1, 0.15) is 0 Å². The molecule has 1 aromatic heterocycles. The topological polar surface area (TPSA) is 55.0 Å². The molecule has 2 rings (SSSR count). The van der Waals surface area contributed by atoms with Crippen LogP contribution in [0.5, 0.6) is 0 Å². The number of nitrogens with zero attached hydrogens (tertiary/aromatic N) is 1. The lowest BCUT2D eigenvalue weighted by Crippen LogP contribution is -2.19. The quantitative estimate of drug-likeness (QED) is 0.551. The SMILES string of the molecule is CCCOC(=O)c1ncc(/C=C(\C)C=CC2=C(C)CCCC2(C)C)[nH]1. The van der Waals surface area contributed by atoms with Crippen molar-refractivity contribution < 1.29 is 9.53 Å². The van der Waals surface area contributed by atoms with E-state index < -0.39 is 5.97 Å². The van der Waals surface area contributed by atoms with Gasteiger partial charge in [0.15, 0.2) is 0 Å². The van der Waals surface area contributed by atoms with Gasteiger partial charge in [-0.2, -0.15) is 0 Å². The second-order valence-electron chi connectivity index (χ2n) is 7.48. The lowest BCUT2D eigenvalue weighted by molar-refractivity contribution is 0.0492. The number of nitrogens with one attached hydrogen (secondary N) is 1. The second kappa shape index (κ2) is 8.32. The molecule has 0 aliphatic heterocycles. The van der Waals surface area contributed by atoms with Crippen LogP contribution in [0.25, 0.3) is 6.08 Å². The minimum atomic E-state index is -0.403. The van der Waals surface area contributed by atoms with E-state index >= 15 is 0 Å². The molecule has 0 unspecified atom stereocenters. The highest BCUT2D eigenvalue weighted by atomic mass is 16.5. The molecule has 1 aliphatic rings. The summed E-state index contributed by atoms with van der Waals surface area (Å²) in [6.45, 7) is 11.3. The Morgan fingerprint density at radius 1 is 1.44 bits per heavy atom. The van der Waals surface area contributed by atoms with Crippen LogP contribution in [-0.2, 0) is 4.74 Å². The number of carbonyl (C=O) groups is 1. The van der Waals surface area contributed by atoms with E-state index in [2.05, 4.69) is 49.8 Å². The molecule has 1 aromatic rings. The summed E-state index contributed by atoms with van der Waals surface area (Å²) in [5.74, 6) is -0.150. The Hall–Kier alpha value is -2.10. The van der Waals surface area contributed by atoms with E-state index in [0.29, 0.717) is 6.61 Å². The molecule has 0 spiro atoms. The van der Waals surface area contributed by atoms with Crippen LogP contribution >= 0.6 is 0 Å². The van der Waals surface area contributed by atoms with Crippen LogP contribution in [0.3, 0.4) is 0 Å². The molecule has 0 fully saturated rings. The summed E-state index contributed by atoms with van der Waals surface area (Å²) in [5.41, 5.74) is 5.09. The van der Waals surface area contributed by atoms with Crippen LogP contribution in [0.15, 0.2) is 35.1 Å². The molecule has 0 saturated carbocycles. The lowest BCUT2D eigenvalue weighted by atomic mass is 9.72. The summed E-state index contributed by atoms with van der Waals surface area (Å²) in [6, 6.07) is 0. The number of H-pyrrole nitrogens is 1. The lowest BCUT2D eigenvalue weighted by Gasteiger charge is -2.32. The van der Waals surface area contributed by atoms with Gasteiger partial charge in [-0.3, -0.25) is 0 Å². The second-order valence-corrected chi connectivity index (χ2v) is 7.48. The number of imidazole rings is 1. The van der Waals surface area contributed by atoms with Gasteiger partial charge in [0.05, 0.1) is 18.5 Å². The Bertz CT molecular complexity index is 705. The largest absolute Gasteiger partial charge is 0.460 e. The third-order valence-electron chi connectivity index (χ3n) is 4.66. The molecule has 1 aliphatic carbocycles. The molecule has 25 heavy (non-hydrogen) atoms. The standard InChI is InChI=1S/C21H30N2O2/c1-6-12-25-20(24)19-22-14-17(23-19)13-15(2)9-10-18-16(3)8-7-11-21(18,4)5/h9-10,13-14H,6-8,11-12H2,1-5H3,(H,22,23)/b10-9?,15-13+. The highest BCUT2D eigenvalue weighted by molar-refractivity contribution is 5.85. The Morgan fingerprint density at radius 3 is 2.88 bits per heavy atom. The molecular formula is C21H30N2O2. The molecule has 0 aromatic carbocycles. The molecule has 0 atom stereocenters. The van der Waals surface area contributed by atoms with E-state index in [4.69, 9.17) is 4.74 Å². The predicted molar refractivity (Wildman–Crippen MR) is 102 cm³/mol. The first-order chi connectivity index (χ1) is 11.8. The third kappa shape index (κ3) is 5.18. The highest BCUT2D eigenvalue weighted by Crippen LogP contribution is 2.40. The summed E-state index contributed by atoms with van der Waals surface area (Å²) >= 11 is 0. The van der Waals surface area contributed by atoms with Crippen molar-refractivity contribution >= 4 is 12.0 Å². The Balaban J connectivity index is 2.09. The molecule has 1 N–H and O–H groups in total. The van der Waals surface area contributed by atoms with E-state index in [1.165, 1.54) is 30.4 Å². The third-order valence-corrected chi connectivity index (χ3v) is 4.66. The maximum absolute atomic E-state index is 11.8. The first kappa shape index (κ1) is 19.2. The van der Waals surface area contributed by atoms with Crippen molar-refractivity contribution in [2.24, 2.45) is 5.41 Å². The Labute approximate surface area is 151 Å². The fourth-order valence-electron chi connectivity index (χ4n) is 3.29. The van der Waals surface area contributed by atoms with Crippen molar-refractivity contribution in [3.63, 3.8) is 0 Å². The van der Waals surface area contributed by atoms with E-state index in [-0.39, 0.29) is 11.2 Å². The fourth-order valence-corrected chi connectivity index (χ4v) is 3.29. The van der Waals surface area contributed by atoms with Gasteiger partial charge in [-0.1, -0.05) is 38.5 Å². The first-order valence-electron chi connectivity index (χ1n) is 9.12. The Kier molecular flexibility index (Phi) is 6.40. The first-order valence-corrected chi connectivity index (χ1v) is 9.12. The summed E-state index contributed by atoms with van der Waals surface area (Å²) in [7, 11) is 0. The van der Waals surface area contributed by atoms with Crippen LogP contribution < -0.4 is 0 Å². The molecule has 4 nitrogen and oxygen atoms in total. The average molecular weight is 342 g/mol. The molecule has 0 saturated heterocycles. The normalized spacial score (nSPS) is 18.0. The molecule has 0 amide bonds. The van der Waals surface area contributed by atoms with Crippen molar-refractivity contribution in [2.75, 3.05) is 6.61 Å². The van der Waals surface area contributed by atoms with E-state index in [9.17, 15) is 4.79 Å². The van der Waals surface area contributed by atoms with Crippen LogP contribution in [0.2, 0.25) is 0 Å². The number of aromatic nitrogens is 2. The number of hydrogen-bond donors (Lipinski definition) is 1. The van der Waals surface area contributed by atoms with Crippen LogP contribution in [0.1, 0.15) is 76.6 Å². The van der Waals surface area contributed by atoms with Gasteiger partial charge in [0.25, 0.3) is 0 Å². The van der Waals surface area contributed by atoms with Gasteiger partial charge in [0.2, 0.25) is 5.82 Å². The van der Waals surface area contributed by atoms with Gasteiger partial charge in [-0.15, -0.1) is 0 Å². The number of carbonyl (C=O) groups excluding carboxylic acids is 1. The number of allylic oxidation sites excluding steroid dienone is 5. The minimum Gasteiger partial charge on any atom is -0.460 e. The summed E-state index contributed by atoms with van der Waals surface area (Å²) in [5, 5.41) is 0. The van der Waals surface area contributed by atoms with Crippen molar-refractivity contribution in [3.05, 3.63) is 46.6 Å². The van der Waals surface area contributed by atoms with Gasteiger partial charge in [0, 0.05) is 0 Å². The van der Waals surface area contributed by atoms with E-state index in [1.54, 1.807) is 6.20 Å². The monoisotopic (exact) mass is 342 g/mol. The molecule has 136 valence electrons. The Morgan fingerprint density at radius 2 is 2.20 bits per heavy atom. The number of rotatable bonds is 6. The highest BCUT2D eigenvalue weighted by Gasteiger charge is 2.26. The van der Waals surface area contributed by atoms with Crippen LogP contribution in [0.4, 0.5) is 0 Å². The minimum absolute atomic E-state index is 0.239. The summed E-state index contributed by atoms with van der Waals surface area (Å²) in [4.78, 5) is 18.9. The van der Waals surface area contributed by atoms with Gasteiger partial charge in [-0.05, 0) is 62.2 Å². The zero-order valence-corrected chi connectivity index (χ0v) is 16.1. The van der Waals surface area contributed by atoms with Crippen molar-refractivity contribution in [2.45, 2.75) is 60.3 Å². The van der Waals surface area contributed by atoms with E-state index in [1.807, 2.05) is 13.0 Å². The van der Waals surface area contributed by atoms with Gasteiger partial charge < -0.3 is 9.72 Å². The van der Waals surface area contributed by atoms with Crippen molar-refractivity contribution in [1.82, 2.24) is 9.97 Å². The van der Waals surface area contributed by atoms with Gasteiger partial charge in [-0.25, -0.2) is 9.78 Å². The number of aromatic amines is 1. The van der Waals surface area contributed by atoms with E-state index in [0.717, 1.165) is 17.7 Å². The number of esters is 1. The van der Waals surface area contributed by atoms with Crippen molar-refractivity contribution in [3.8, 4) is 0 Å². The summed E-state index contributed by atoms with van der Waals surface area (Å²) < 4.78 is 5.08. The molecule has 4 heteroatoms. The fraction of sp³-hybridized carbons (Fsp3) is 0.524. The molecule has 0 radical (unpaired) electrons. The van der Waals surface area contributed by atoms with Gasteiger partial charge >= 0.3 is 5.97 Å². The molecule has 1 heterocycles. The zero-order chi connectivity index (χ0) is 18.4. The van der Waals surface area contributed by atoms with Crippen molar-refractivity contribution in [1.29, 1.82) is 0 Å². The number of ether oxygens (including phenoxy) is 1. The zero-order valence-electron chi connectivity index (χ0n) is 16.1.